The van der Waals surface area contributed by atoms with Crippen LogP contribution >= 0.6 is 23.1 Å². The summed E-state index contributed by atoms with van der Waals surface area (Å²) in [5, 5.41) is 3.14. The molecule has 1 aromatic carbocycles. The lowest BCUT2D eigenvalue weighted by molar-refractivity contribution is -0.122. The Morgan fingerprint density at radius 3 is 2.42 bits per heavy atom. The lowest BCUT2D eigenvalue weighted by atomic mass is 9.81. The van der Waals surface area contributed by atoms with Gasteiger partial charge in [0.05, 0.1) is 33.5 Å². The van der Waals surface area contributed by atoms with Crippen LogP contribution in [-0.4, -0.2) is 34.5 Å². The molecule has 2 aliphatic carbocycles. The first-order valence-electron chi connectivity index (χ1n) is 11.3. The number of nitrogens with one attached hydrogen (secondary N) is 1. The SMILES string of the molecule is O=C(CSc1nc2ccc(N3C(=O)[C@H]4CCCC[C@@H]4C3=O)cc2s1)NC1CCCCC1. The van der Waals surface area contributed by atoms with Crippen molar-refractivity contribution in [3.8, 4) is 0 Å². The minimum atomic E-state index is -0.146. The second-order valence-corrected chi connectivity index (χ2v) is 11.1. The van der Waals surface area contributed by atoms with E-state index in [1.807, 2.05) is 18.2 Å². The van der Waals surface area contributed by atoms with Gasteiger partial charge in [-0.25, -0.2) is 4.98 Å². The Morgan fingerprint density at radius 1 is 1.03 bits per heavy atom. The third kappa shape index (κ3) is 4.24. The number of imide groups is 1. The molecule has 2 aromatic rings. The molecule has 1 N–H and O–H groups in total. The number of hydrogen-bond donors (Lipinski definition) is 1. The molecule has 5 rings (SSSR count). The van der Waals surface area contributed by atoms with Crippen LogP contribution in [0, 0.1) is 11.8 Å². The van der Waals surface area contributed by atoms with Crippen molar-refractivity contribution in [1.29, 1.82) is 0 Å². The molecular weight excluding hydrogens is 430 g/mol. The van der Waals surface area contributed by atoms with Gasteiger partial charge in [0.15, 0.2) is 4.34 Å². The van der Waals surface area contributed by atoms with Crippen LogP contribution in [-0.2, 0) is 14.4 Å². The van der Waals surface area contributed by atoms with Crippen LogP contribution in [0.15, 0.2) is 22.5 Å². The summed E-state index contributed by atoms with van der Waals surface area (Å²) in [5.41, 5.74) is 1.48. The first-order chi connectivity index (χ1) is 15.1. The second-order valence-electron chi connectivity index (χ2n) is 8.83. The number of fused-ring (bicyclic) bond motifs is 2. The molecule has 2 saturated carbocycles. The Balaban J connectivity index is 1.26. The molecule has 3 aliphatic rings. The molecule has 31 heavy (non-hydrogen) atoms. The lowest BCUT2D eigenvalue weighted by Gasteiger charge is -2.22. The maximum atomic E-state index is 12.9. The summed E-state index contributed by atoms with van der Waals surface area (Å²) in [5.74, 6) is 0.0301. The van der Waals surface area contributed by atoms with Crippen molar-refractivity contribution in [3.63, 3.8) is 0 Å². The van der Waals surface area contributed by atoms with Crippen LogP contribution in [0.4, 0.5) is 5.69 Å². The highest BCUT2D eigenvalue weighted by atomic mass is 32.2. The third-order valence-electron chi connectivity index (χ3n) is 6.75. The fraction of sp³-hybridized carbons (Fsp3) is 0.565. The van der Waals surface area contributed by atoms with Crippen molar-refractivity contribution in [2.75, 3.05) is 10.7 Å². The number of rotatable bonds is 5. The third-order valence-corrected chi connectivity index (χ3v) is 8.91. The topological polar surface area (TPSA) is 79.4 Å². The zero-order valence-corrected chi connectivity index (χ0v) is 19.1. The number of thiazole rings is 1. The summed E-state index contributed by atoms with van der Waals surface area (Å²) in [6.45, 7) is 0. The largest absolute Gasteiger partial charge is 0.353 e. The number of anilines is 1. The number of benzene rings is 1. The Labute approximate surface area is 190 Å². The van der Waals surface area contributed by atoms with E-state index in [0.29, 0.717) is 17.5 Å². The highest BCUT2D eigenvalue weighted by molar-refractivity contribution is 8.01. The van der Waals surface area contributed by atoms with Crippen LogP contribution in [0.1, 0.15) is 57.8 Å². The zero-order valence-electron chi connectivity index (χ0n) is 17.5. The second kappa shape index (κ2) is 8.90. The first kappa shape index (κ1) is 20.9. The summed E-state index contributed by atoms with van der Waals surface area (Å²) in [6.07, 6.45) is 9.50. The van der Waals surface area contributed by atoms with Crippen LogP contribution in [0.25, 0.3) is 10.2 Å². The monoisotopic (exact) mass is 457 g/mol. The van der Waals surface area contributed by atoms with Gasteiger partial charge in [0.1, 0.15) is 0 Å². The maximum absolute atomic E-state index is 12.9. The minimum Gasteiger partial charge on any atom is -0.353 e. The molecule has 1 aliphatic heterocycles. The summed E-state index contributed by atoms with van der Waals surface area (Å²) in [4.78, 5) is 44.1. The van der Waals surface area contributed by atoms with Gasteiger partial charge in [-0.05, 0) is 43.9 Å². The van der Waals surface area contributed by atoms with E-state index < -0.39 is 0 Å². The van der Waals surface area contributed by atoms with E-state index in [4.69, 9.17) is 0 Å². The van der Waals surface area contributed by atoms with E-state index in [9.17, 15) is 14.4 Å². The normalized spacial score (nSPS) is 24.6. The highest BCUT2D eigenvalue weighted by Gasteiger charge is 2.48. The van der Waals surface area contributed by atoms with Crippen LogP contribution in [0.3, 0.4) is 0 Å². The quantitative estimate of drug-likeness (QED) is 0.528. The van der Waals surface area contributed by atoms with Crippen molar-refractivity contribution >= 4 is 56.7 Å². The van der Waals surface area contributed by atoms with Gasteiger partial charge in [0.2, 0.25) is 17.7 Å². The highest BCUT2D eigenvalue weighted by Crippen LogP contribution is 2.41. The molecule has 0 bridgehead atoms. The minimum absolute atomic E-state index is 0.0486. The standard InChI is InChI=1S/C23H27N3O3S2/c27-20(24-14-6-2-1-3-7-14)13-30-23-25-18-11-10-15(12-19(18)31-23)26-21(28)16-8-4-5-9-17(16)22(26)29/h10-12,14,16-17H,1-9,13H2,(H,24,27)/t16-,17-/m0/s1. The number of aromatic nitrogens is 1. The first-order valence-corrected chi connectivity index (χ1v) is 13.1. The smallest absolute Gasteiger partial charge is 0.237 e. The molecule has 2 heterocycles. The Kier molecular flexibility index (Phi) is 6.01. The number of carbonyl (C=O) groups is 3. The van der Waals surface area contributed by atoms with E-state index in [0.717, 1.165) is 53.1 Å². The van der Waals surface area contributed by atoms with Crippen LogP contribution in [0.2, 0.25) is 0 Å². The summed E-state index contributed by atoms with van der Waals surface area (Å²) in [6, 6.07) is 5.90. The van der Waals surface area contributed by atoms with Gasteiger partial charge in [-0.1, -0.05) is 43.9 Å². The van der Waals surface area contributed by atoms with Gasteiger partial charge >= 0.3 is 0 Å². The van der Waals surface area contributed by atoms with Crippen LogP contribution < -0.4 is 10.2 Å². The molecule has 1 aromatic heterocycles. The molecule has 164 valence electrons. The number of hydrogen-bond acceptors (Lipinski definition) is 6. The Hall–Kier alpha value is -1.93. The van der Waals surface area contributed by atoms with Crippen molar-refractivity contribution in [2.24, 2.45) is 11.8 Å². The van der Waals surface area contributed by atoms with Gasteiger partial charge in [0, 0.05) is 6.04 Å². The molecule has 3 amide bonds. The van der Waals surface area contributed by atoms with Gasteiger partial charge in [-0.15, -0.1) is 11.3 Å². The lowest BCUT2D eigenvalue weighted by Crippen LogP contribution is -2.37. The van der Waals surface area contributed by atoms with Gasteiger partial charge < -0.3 is 5.32 Å². The summed E-state index contributed by atoms with van der Waals surface area (Å²) in [7, 11) is 0. The van der Waals surface area contributed by atoms with Crippen molar-refractivity contribution in [2.45, 2.75) is 68.2 Å². The predicted octanol–water partition coefficient (Wildman–Crippen LogP) is 4.52. The zero-order chi connectivity index (χ0) is 21.4. The van der Waals surface area contributed by atoms with Crippen molar-refractivity contribution < 1.29 is 14.4 Å². The summed E-state index contributed by atoms with van der Waals surface area (Å²) < 4.78 is 1.77. The van der Waals surface area contributed by atoms with E-state index in [2.05, 4.69) is 10.3 Å². The maximum Gasteiger partial charge on any atom is 0.237 e. The van der Waals surface area contributed by atoms with Gasteiger partial charge in [-0.2, -0.15) is 0 Å². The van der Waals surface area contributed by atoms with Gasteiger partial charge in [0.25, 0.3) is 0 Å². The average molecular weight is 458 g/mol. The molecule has 8 heteroatoms. The molecule has 0 radical (unpaired) electrons. The van der Waals surface area contributed by atoms with E-state index in [-0.39, 0.29) is 29.6 Å². The number of carbonyl (C=O) groups excluding carboxylic acids is 3. The summed E-state index contributed by atoms with van der Waals surface area (Å²) >= 11 is 2.96. The molecular formula is C23H27N3O3S2. The number of thioether (sulfide) groups is 1. The number of amides is 3. The molecule has 0 spiro atoms. The fourth-order valence-electron chi connectivity index (χ4n) is 5.15. The molecule has 3 fully saturated rings. The Morgan fingerprint density at radius 2 is 1.71 bits per heavy atom. The van der Waals surface area contributed by atoms with Crippen molar-refractivity contribution in [1.82, 2.24) is 10.3 Å². The van der Waals surface area contributed by atoms with Crippen molar-refractivity contribution in [3.05, 3.63) is 18.2 Å². The number of nitrogens with zero attached hydrogens (tertiary/aromatic N) is 2. The molecule has 6 nitrogen and oxygen atoms in total. The fourth-order valence-corrected chi connectivity index (χ4v) is 7.07. The van der Waals surface area contributed by atoms with E-state index in [1.54, 1.807) is 0 Å². The van der Waals surface area contributed by atoms with E-state index in [1.165, 1.54) is 47.3 Å². The Bertz CT molecular complexity index is 991. The average Bonchev–Trinajstić information content (AvgIpc) is 3.31. The van der Waals surface area contributed by atoms with Crippen LogP contribution in [0.5, 0.6) is 0 Å². The molecule has 2 atom stereocenters. The molecule has 0 unspecified atom stereocenters. The predicted molar refractivity (Wildman–Crippen MR) is 123 cm³/mol. The van der Waals surface area contributed by atoms with E-state index >= 15 is 0 Å². The molecule has 1 saturated heterocycles. The van der Waals surface area contributed by atoms with Gasteiger partial charge in [-0.3, -0.25) is 19.3 Å².